The Morgan fingerprint density at radius 2 is 1.93 bits per heavy atom. The van der Waals surface area contributed by atoms with E-state index in [-0.39, 0.29) is 37.7 Å². The molecule has 0 atom stereocenters. The molecule has 0 unspecified atom stereocenters. The molecule has 0 bridgehead atoms. The van der Waals surface area contributed by atoms with E-state index in [9.17, 15) is 24.8 Å². The number of amides is 3. The summed E-state index contributed by atoms with van der Waals surface area (Å²) in [5.74, 6) is -1.36. The number of aliphatic carboxylic acids is 1. The number of rotatable bonds is 4. The molecule has 10 heteroatoms. The van der Waals surface area contributed by atoms with Crippen molar-refractivity contribution in [3.8, 4) is 6.07 Å². The molecule has 0 radical (unpaired) electrons. The molecule has 3 amide bonds. The second-order valence-electron chi connectivity index (χ2n) is 6.85. The van der Waals surface area contributed by atoms with Crippen LogP contribution in [0.3, 0.4) is 0 Å². The minimum Gasteiger partial charge on any atom is -0.481 e. The molecule has 2 fully saturated rings. The van der Waals surface area contributed by atoms with Crippen molar-refractivity contribution in [2.75, 3.05) is 29.4 Å². The van der Waals surface area contributed by atoms with Gasteiger partial charge < -0.3 is 15.1 Å². The average molecular weight is 409 g/mol. The fraction of sp³-hybridized carbons (Fsp3) is 0.444. The molecule has 0 aliphatic carbocycles. The molecule has 2 aliphatic heterocycles. The van der Waals surface area contributed by atoms with Crippen LogP contribution in [0.15, 0.2) is 18.2 Å². The van der Waals surface area contributed by atoms with Gasteiger partial charge in [0.2, 0.25) is 5.91 Å². The van der Waals surface area contributed by atoms with Crippen LogP contribution in [0.5, 0.6) is 0 Å². The number of nitrogens with zero attached hydrogens (tertiary/aromatic N) is 3. The van der Waals surface area contributed by atoms with Gasteiger partial charge in [-0.2, -0.15) is 5.26 Å². The van der Waals surface area contributed by atoms with Crippen LogP contribution in [0.25, 0.3) is 0 Å². The van der Waals surface area contributed by atoms with Gasteiger partial charge in [0.25, 0.3) is 0 Å². The number of imide groups is 1. The normalized spacial score (nSPS) is 18.7. The Balaban J connectivity index is 0.00000280. The summed E-state index contributed by atoms with van der Waals surface area (Å²) in [5.41, 5.74) is 0.348. The van der Waals surface area contributed by atoms with Crippen LogP contribution >= 0.6 is 12.4 Å². The standard InChI is InChI=1S/C18H20N4O5.ClH/c19-11-12-9-13(22-6-3-15(23)20-17(22)26)1-2-14(12)21-7-4-18(27,5-8-21)10-16(24)25;/h1-2,9,27H,3-8,10H2,(H,24,25)(H,20,23,26);1H. The van der Waals surface area contributed by atoms with E-state index in [1.807, 2.05) is 4.90 Å². The lowest BCUT2D eigenvalue weighted by atomic mass is 9.88. The Morgan fingerprint density at radius 3 is 2.50 bits per heavy atom. The van der Waals surface area contributed by atoms with E-state index in [0.717, 1.165) is 0 Å². The number of halogens is 1. The molecule has 1 aromatic rings. The highest BCUT2D eigenvalue weighted by atomic mass is 35.5. The molecule has 3 rings (SSSR count). The second kappa shape index (κ2) is 8.46. The molecule has 28 heavy (non-hydrogen) atoms. The first-order chi connectivity index (χ1) is 12.8. The van der Waals surface area contributed by atoms with Crippen molar-refractivity contribution in [2.45, 2.75) is 31.3 Å². The van der Waals surface area contributed by atoms with Crippen LogP contribution in [0.4, 0.5) is 16.2 Å². The maximum Gasteiger partial charge on any atom is 0.328 e. The molecule has 2 heterocycles. The average Bonchev–Trinajstić information content (AvgIpc) is 2.61. The summed E-state index contributed by atoms with van der Waals surface area (Å²) in [4.78, 5) is 37.5. The summed E-state index contributed by atoms with van der Waals surface area (Å²) >= 11 is 0. The molecule has 0 aromatic heterocycles. The third-order valence-electron chi connectivity index (χ3n) is 4.98. The summed E-state index contributed by atoms with van der Waals surface area (Å²) in [7, 11) is 0. The number of nitrogens with one attached hydrogen (secondary N) is 1. The maximum absolute atomic E-state index is 12.0. The van der Waals surface area contributed by atoms with Gasteiger partial charge in [-0.25, -0.2) is 4.79 Å². The number of hydrogen-bond donors (Lipinski definition) is 3. The SMILES string of the molecule is Cl.N#Cc1cc(N2CCC(=O)NC2=O)ccc1N1CCC(O)(CC(=O)O)CC1. The number of carbonyl (C=O) groups excluding carboxylic acids is 2. The monoisotopic (exact) mass is 408 g/mol. The Bertz CT molecular complexity index is 830. The molecular weight excluding hydrogens is 388 g/mol. The number of carboxylic acid groups (broad SMARTS) is 1. The number of urea groups is 1. The largest absolute Gasteiger partial charge is 0.481 e. The maximum atomic E-state index is 12.0. The number of nitriles is 1. The summed E-state index contributed by atoms with van der Waals surface area (Å²) < 4.78 is 0. The first kappa shape index (κ1) is 21.5. The predicted octanol–water partition coefficient (Wildman–Crippen LogP) is 1.23. The van der Waals surface area contributed by atoms with Crippen LogP contribution in [0.2, 0.25) is 0 Å². The van der Waals surface area contributed by atoms with E-state index < -0.39 is 17.6 Å². The molecule has 2 aliphatic rings. The number of aliphatic hydroxyl groups is 1. The lowest BCUT2D eigenvalue weighted by molar-refractivity contribution is -0.143. The minimum absolute atomic E-state index is 0. The summed E-state index contributed by atoms with van der Waals surface area (Å²) in [5, 5.41) is 31.0. The van der Waals surface area contributed by atoms with Gasteiger partial charge in [0.15, 0.2) is 0 Å². The van der Waals surface area contributed by atoms with Gasteiger partial charge in [0, 0.05) is 31.7 Å². The highest BCUT2D eigenvalue weighted by Gasteiger charge is 2.35. The molecule has 150 valence electrons. The molecule has 0 saturated carbocycles. The Morgan fingerprint density at radius 1 is 1.25 bits per heavy atom. The van der Waals surface area contributed by atoms with Crippen LogP contribution in [-0.4, -0.2) is 53.4 Å². The Kier molecular flexibility index (Phi) is 6.48. The number of hydrogen-bond acceptors (Lipinski definition) is 6. The third kappa shape index (κ3) is 4.52. The summed E-state index contributed by atoms with van der Waals surface area (Å²) in [6.45, 7) is 1.10. The van der Waals surface area contributed by atoms with E-state index in [0.29, 0.717) is 42.9 Å². The topological polar surface area (TPSA) is 134 Å². The third-order valence-corrected chi connectivity index (χ3v) is 4.98. The quantitative estimate of drug-likeness (QED) is 0.682. The van der Waals surface area contributed by atoms with Gasteiger partial charge in [0.1, 0.15) is 6.07 Å². The first-order valence-corrected chi connectivity index (χ1v) is 8.66. The van der Waals surface area contributed by atoms with Crippen LogP contribution in [-0.2, 0) is 9.59 Å². The van der Waals surface area contributed by atoms with E-state index in [1.165, 1.54) is 4.90 Å². The zero-order valence-corrected chi connectivity index (χ0v) is 15.9. The molecule has 3 N–H and O–H groups in total. The number of anilines is 2. The van der Waals surface area contributed by atoms with Gasteiger partial charge in [-0.3, -0.25) is 19.8 Å². The summed E-state index contributed by atoms with van der Waals surface area (Å²) in [6, 6.07) is 6.66. The van der Waals surface area contributed by atoms with Gasteiger partial charge >= 0.3 is 12.0 Å². The first-order valence-electron chi connectivity index (χ1n) is 8.66. The zero-order valence-electron chi connectivity index (χ0n) is 15.1. The van der Waals surface area contributed by atoms with Crippen LogP contribution in [0.1, 0.15) is 31.2 Å². The zero-order chi connectivity index (χ0) is 19.6. The van der Waals surface area contributed by atoms with Crippen molar-refractivity contribution < 1.29 is 24.6 Å². The van der Waals surface area contributed by atoms with Crippen molar-refractivity contribution >= 4 is 41.7 Å². The molecular formula is C18H21ClN4O5. The van der Waals surface area contributed by atoms with E-state index >= 15 is 0 Å². The fourth-order valence-electron chi connectivity index (χ4n) is 3.49. The number of carboxylic acids is 1. The van der Waals surface area contributed by atoms with Crippen molar-refractivity contribution in [3.05, 3.63) is 23.8 Å². The highest BCUT2D eigenvalue weighted by molar-refractivity contribution is 6.05. The van der Waals surface area contributed by atoms with Crippen molar-refractivity contribution in [2.24, 2.45) is 0 Å². The van der Waals surface area contributed by atoms with E-state index in [1.54, 1.807) is 18.2 Å². The number of carbonyl (C=O) groups is 3. The smallest absolute Gasteiger partial charge is 0.328 e. The highest BCUT2D eigenvalue weighted by Crippen LogP contribution is 2.32. The number of benzene rings is 1. The fourth-order valence-corrected chi connectivity index (χ4v) is 3.49. The molecule has 2 saturated heterocycles. The van der Waals surface area contributed by atoms with E-state index in [4.69, 9.17) is 5.11 Å². The molecule has 9 nitrogen and oxygen atoms in total. The van der Waals surface area contributed by atoms with E-state index in [2.05, 4.69) is 11.4 Å². The van der Waals surface area contributed by atoms with Gasteiger partial charge in [-0.05, 0) is 31.0 Å². The Hall–Kier alpha value is -2.83. The van der Waals surface area contributed by atoms with Gasteiger partial charge in [0.05, 0.1) is 23.3 Å². The lowest BCUT2D eigenvalue weighted by Gasteiger charge is -2.39. The number of piperidine rings is 1. The molecule has 1 aromatic carbocycles. The summed E-state index contributed by atoms with van der Waals surface area (Å²) in [6.07, 6.45) is 0.489. The van der Waals surface area contributed by atoms with Crippen molar-refractivity contribution in [1.29, 1.82) is 5.26 Å². The van der Waals surface area contributed by atoms with Crippen molar-refractivity contribution in [1.82, 2.24) is 5.32 Å². The van der Waals surface area contributed by atoms with Crippen LogP contribution in [0, 0.1) is 11.3 Å². The van der Waals surface area contributed by atoms with Gasteiger partial charge in [-0.1, -0.05) is 0 Å². The molecule has 0 spiro atoms. The lowest BCUT2D eigenvalue weighted by Crippen LogP contribution is -2.49. The van der Waals surface area contributed by atoms with Crippen LogP contribution < -0.4 is 15.1 Å². The van der Waals surface area contributed by atoms with Gasteiger partial charge in [-0.15, -0.1) is 12.4 Å². The minimum atomic E-state index is -1.23. The van der Waals surface area contributed by atoms with Crippen molar-refractivity contribution in [3.63, 3.8) is 0 Å². The predicted molar refractivity (Wildman–Crippen MR) is 103 cm³/mol. The second-order valence-corrected chi connectivity index (χ2v) is 6.85. The Labute approximate surface area is 167 Å².